The van der Waals surface area contributed by atoms with Crippen LogP contribution in [0.25, 0.3) is 22.3 Å². The number of hydrogen-bond acceptors (Lipinski definition) is 13. The van der Waals surface area contributed by atoms with E-state index in [0.717, 1.165) is 33.4 Å². The number of morpholine rings is 1. The summed E-state index contributed by atoms with van der Waals surface area (Å²) in [6.07, 6.45) is 3.19. The number of aromatic nitrogens is 4. The van der Waals surface area contributed by atoms with Gasteiger partial charge in [-0.1, -0.05) is 24.3 Å². The Morgan fingerprint density at radius 3 is 2.49 bits per heavy atom. The van der Waals surface area contributed by atoms with E-state index in [1.165, 1.54) is 4.90 Å². The number of para-hydroxylation sites is 1. The van der Waals surface area contributed by atoms with Crippen molar-refractivity contribution >= 4 is 46.1 Å². The summed E-state index contributed by atoms with van der Waals surface area (Å²) in [5, 5.41) is 22.2. The van der Waals surface area contributed by atoms with Gasteiger partial charge in [-0.2, -0.15) is 0 Å². The topological polar surface area (TPSA) is 194 Å². The van der Waals surface area contributed by atoms with Gasteiger partial charge in [0.05, 0.1) is 48.6 Å². The molecule has 0 unspecified atom stereocenters. The number of pyridine rings is 1. The summed E-state index contributed by atoms with van der Waals surface area (Å²) in [6, 6.07) is 16.2. The fraction of sp³-hybridized carbons (Fsp3) is 0.409. The maximum atomic E-state index is 13.8. The number of urea groups is 1. The van der Waals surface area contributed by atoms with Crippen molar-refractivity contribution in [3.05, 3.63) is 89.2 Å². The van der Waals surface area contributed by atoms with Crippen LogP contribution >= 0.6 is 0 Å². The standard InChI is InChI=1S/C44H50N10O7/c1-26-16-29(38-22-52(21-28(3)61-38)36-18-35(48-49-41(36)45)33-6-4-5-7-37(33)55)8-9-32(26)43(57)51-14-12-50(13-15-51)23-40-59-24-31(25-60-40)54-20-27(2)34-17-30(19-46-42(34)54)53-11-10-39(56)47-44(53)58/h4-9,16-20,28,31,38,40,55H,10-15,21-25H2,1-3H3,(H2,45,49)(H,47,56,58)/t28-,31?,38-,40?/m0/s1. The molecule has 0 aliphatic carbocycles. The highest BCUT2D eigenvalue weighted by molar-refractivity contribution is 6.06. The second-order valence-electron chi connectivity index (χ2n) is 16.3. The van der Waals surface area contributed by atoms with Crippen molar-refractivity contribution in [3.63, 3.8) is 0 Å². The van der Waals surface area contributed by atoms with Gasteiger partial charge in [-0.25, -0.2) is 9.78 Å². The minimum absolute atomic E-state index is 0.00728. The van der Waals surface area contributed by atoms with E-state index in [4.69, 9.17) is 24.9 Å². The number of nitrogens with zero attached hydrogens (tertiary/aromatic N) is 8. The number of nitrogen functional groups attached to an aromatic ring is 1. The number of anilines is 3. The Bertz CT molecular complexity index is 2480. The summed E-state index contributed by atoms with van der Waals surface area (Å²) in [7, 11) is 0. The SMILES string of the molecule is Cc1cc([C@@H]2CN(c3cc(-c4ccccc4O)nnc3N)C[C@H](C)O2)ccc1C(=O)N1CCN(CC2OCC(n3cc(C)c4cc(N5CCC(=O)NC5=O)cnc43)CO2)CC1. The molecule has 5 aromatic rings. The van der Waals surface area contributed by atoms with Gasteiger partial charge in [-0.05, 0) is 67.8 Å². The Morgan fingerprint density at radius 2 is 1.74 bits per heavy atom. The Balaban J connectivity index is 0.776. The normalized spacial score (nSPS) is 22.8. The summed E-state index contributed by atoms with van der Waals surface area (Å²) in [4.78, 5) is 50.4. The highest BCUT2D eigenvalue weighted by Gasteiger charge is 2.32. The number of fused-ring (bicyclic) bond motifs is 1. The third-order valence-electron chi connectivity index (χ3n) is 12.1. The number of phenols is 1. The Hall–Kier alpha value is -6.14. The molecular weight excluding hydrogens is 781 g/mol. The van der Waals surface area contributed by atoms with Crippen LogP contribution in [0.15, 0.2) is 67.0 Å². The average molecular weight is 831 g/mol. The summed E-state index contributed by atoms with van der Waals surface area (Å²) in [5.41, 5.74) is 13.2. The van der Waals surface area contributed by atoms with Crippen molar-refractivity contribution < 1.29 is 33.7 Å². The molecule has 7 heterocycles. The summed E-state index contributed by atoms with van der Waals surface area (Å²) >= 11 is 0. The lowest BCUT2D eigenvalue weighted by Gasteiger charge is -2.39. The number of piperazine rings is 1. The maximum Gasteiger partial charge on any atom is 0.328 e. The van der Waals surface area contributed by atoms with Crippen molar-refractivity contribution in [2.45, 2.75) is 51.7 Å². The van der Waals surface area contributed by atoms with Gasteiger partial charge < -0.3 is 39.4 Å². The lowest BCUT2D eigenvalue weighted by atomic mass is 9.99. The molecule has 61 heavy (non-hydrogen) atoms. The number of nitrogens with two attached hydrogens (primary N) is 1. The number of carbonyl (C=O) groups excluding carboxylic acids is 3. The molecule has 9 rings (SSSR count). The van der Waals surface area contributed by atoms with E-state index in [2.05, 4.69) is 29.9 Å². The number of nitrogens with one attached hydrogen (secondary N) is 1. The summed E-state index contributed by atoms with van der Waals surface area (Å²) in [5.74, 6) is 0.154. The first-order valence-corrected chi connectivity index (χ1v) is 20.7. The van der Waals surface area contributed by atoms with E-state index in [1.807, 2.05) is 68.3 Å². The molecule has 4 N–H and O–H groups in total. The minimum Gasteiger partial charge on any atom is -0.507 e. The smallest absolute Gasteiger partial charge is 0.328 e. The van der Waals surface area contributed by atoms with Crippen LogP contribution < -0.4 is 20.9 Å². The zero-order valence-electron chi connectivity index (χ0n) is 34.5. The van der Waals surface area contributed by atoms with Gasteiger partial charge in [-0.15, -0.1) is 10.2 Å². The van der Waals surface area contributed by atoms with Gasteiger partial charge in [0.15, 0.2) is 12.1 Å². The third kappa shape index (κ3) is 8.21. The van der Waals surface area contributed by atoms with Gasteiger partial charge in [0, 0.05) is 81.5 Å². The number of hydrogen-bond donors (Lipinski definition) is 3. The fourth-order valence-electron chi connectivity index (χ4n) is 8.76. The Labute approximate surface area is 353 Å². The summed E-state index contributed by atoms with van der Waals surface area (Å²) in [6.45, 7) is 11.6. The van der Waals surface area contributed by atoms with Crippen LogP contribution in [0.4, 0.5) is 22.0 Å². The largest absolute Gasteiger partial charge is 0.507 e. The number of phenolic OH excluding ortho intramolecular Hbond substituents is 1. The number of benzene rings is 2. The molecule has 0 radical (unpaired) electrons. The van der Waals surface area contributed by atoms with Crippen LogP contribution in [0.3, 0.4) is 0 Å². The van der Waals surface area contributed by atoms with Crippen molar-refractivity contribution in [1.29, 1.82) is 0 Å². The fourth-order valence-corrected chi connectivity index (χ4v) is 8.76. The van der Waals surface area contributed by atoms with E-state index < -0.39 is 6.03 Å². The number of imide groups is 1. The first-order chi connectivity index (χ1) is 29.5. The first-order valence-electron chi connectivity index (χ1n) is 20.7. The molecule has 2 atom stereocenters. The predicted molar refractivity (Wildman–Crippen MR) is 227 cm³/mol. The van der Waals surface area contributed by atoms with Crippen molar-refractivity contribution in [3.8, 4) is 17.0 Å². The molecule has 0 spiro atoms. The molecule has 3 aromatic heterocycles. The highest BCUT2D eigenvalue weighted by Crippen LogP contribution is 2.36. The molecule has 318 valence electrons. The summed E-state index contributed by atoms with van der Waals surface area (Å²) < 4.78 is 20.9. The van der Waals surface area contributed by atoms with Crippen LogP contribution in [-0.2, 0) is 19.0 Å². The lowest BCUT2D eigenvalue weighted by molar-refractivity contribution is -0.204. The molecule has 4 amide bonds. The zero-order valence-corrected chi connectivity index (χ0v) is 34.5. The van der Waals surface area contributed by atoms with E-state index in [9.17, 15) is 19.5 Å². The highest BCUT2D eigenvalue weighted by atomic mass is 16.7. The van der Waals surface area contributed by atoms with Crippen molar-refractivity contribution in [2.24, 2.45) is 0 Å². The molecule has 17 nitrogen and oxygen atoms in total. The second-order valence-corrected chi connectivity index (χ2v) is 16.3. The number of aryl methyl sites for hydroxylation is 2. The van der Waals surface area contributed by atoms with Crippen LogP contribution in [-0.4, -0.2) is 130 Å². The van der Waals surface area contributed by atoms with Gasteiger partial charge in [-0.3, -0.25) is 24.7 Å². The van der Waals surface area contributed by atoms with E-state index >= 15 is 0 Å². The van der Waals surface area contributed by atoms with Crippen LogP contribution in [0.5, 0.6) is 5.75 Å². The number of aromatic hydroxyl groups is 1. The van der Waals surface area contributed by atoms with Gasteiger partial charge >= 0.3 is 6.03 Å². The molecule has 0 bridgehead atoms. The lowest BCUT2D eigenvalue weighted by Crippen LogP contribution is -2.51. The van der Waals surface area contributed by atoms with Crippen molar-refractivity contribution in [2.75, 3.05) is 81.1 Å². The van der Waals surface area contributed by atoms with E-state index in [0.29, 0.717) is 93.9 Å². The third-order valence-corrected chi connectivity index (χ3v) is 12.1. The van der Waals surface area contributed by atoms with Crippen LogP contribution in [0, 0.1) is 13.8 Å². The second kappa shape index (κ2) is 16.7. The Kier molecular flexibility index (Phi) is 11.0. The quantitative estimate of drug-likeness (QED) is 0.202. The molecule has 17 heteroatoms. The molecular formula is C44H50N10O7. The monoisotopic (exact) mass is 830 g/mol. The Morgan fingerprint density at radius 1 is 0.951 bits per heavy atom. The van der Waals surface area contributed by atoms with Crippen molar-refractivity contribution in [1.82, 2.24) is 34.9 Å². The number of amides is 4. The van der Waals surface area contributed by atoms with E-state index in [-0.39, 0.29) is 48.5 Å². The van der Waals surface area contributed by atoms with Crippen LogP contribution in [0.2, 0.25) is 0 Å². The average Bonchev–Trinajstić information content (AvgIpc) is 3.59. The van der Waals surface area contributed by atoms with Gasteiger partial charge in [0.25, 0.3) is 5.91 Å². The van der Waals surface area contributed by atoms with Crippen LogP contribution in [0.1, 0.15) is 52.5 Å². The minimum atomic E-state index is -0.438. The molecule has 0 saturated carbocycles. The van der Waals surface area contributed by atoms with E-state index in [1.54, 1.807) is 24.4 Å². The molecule has 4 fully saturated rings. The van der Waals surface area contributed by atoms with Gasteiger partial charge in [0.1, 0.15) is 17.5 Å². The molecule has 4 aliphatic heterocycles. The first kappa shape index (κ1) is 40.3. The number of ether oxygens (including phenoxy) is 3. The number of carbonyl (C=O) groups is 3. The predicted octanol–water partition coefficient (Wildman–Crippen LogP) is 4.18. The maximum absolute atomic E-state index is 13.8. The van der Waals surface area contributed by atoms with Gasteiger partial charge in [0.2, 0.25) is 5.91 Å². The number of rotatable bonds is 8. The molecule has 4 aliphatic rings. The molecule has 2 aromatic carbocycles. The molecule has 4 saturated heterocycles. The zero-order chi connectivity index (χ0) is 42.4.